The molecule has 0 fully saturated rings. The summed E-state index contributed by atoms with van der Waals surface area (Å²) in [5, 5.41) is 0.464. The highest BCUT2D eigenvalue weighted by Gasteiger charge is 2.12. The maximum Gasteiger partial charge on any atom is 0.175 e. The van der Waals surface area contributed by atoms with Gasteiger partial charge in [-0.15, -0.1) is 0 Å². The molecule has 0 aliphatic rings. The quantitative estimate of drug-likeness (QED) is 0.868. The SMILES string of the molecule is CS(=O)(=O)c1ccc(Oc2cccc(Cl)c2)c(F)c1. The van der Waals surface area contributed by atoms with Crippen LogP contribution >= 0.6 is 11.6 Å². The summed E-state index contributed by atoms with van der Waals surface area (Å²) in [4.78, 5) is -0.0940. The van der Waals surface area contributed by atoms with Gasteiger partial charge in [-0.1, -0.05) is 17.7 Å². The van der Waals surface area contributed by atoms with E-state index in [-0.39, 0.29) is 10.6 Å². The number of hydrogen-bond donors (Lipinski definition) is 0. The zero-order valence-electron chi connectivity index (χ0n) is 9.93. The largest absolute Gasteiger partial charge is 0.454 e. The van der Waals surface area contributed by atoms with Crippen LogP contribution in [0.4, 0.5) is 4.39 Å². The van der Waals surface area contributed by atoms with Gasteiger partial charge in [-0.2, -0.15) is 0 Å². The van der Waals surface area contributed by atoms with Crippen LogP contribution in [0.25, 0.3) is 0 Å². The van der Waals surface area contributed by atoms with Gasteiger partial charge < -0.3 is 4.74 Å². The smallest absolute Gasteiger partial charge is 0.175 e. The summed E-state index contributed by atoms with van der Waals surface area (Å²) >= 11 is 5.78. The van der Waals surface area contributed by atoms with Gasteiger partial charge in [0.25, 0.3) is 0 Å². The number of halogens is 2. The van der Waals surface area contributed by atoms with Crippen LogP contribution in [-0.4, -0.2) is 14.7 Å². The molecule has 3 nitrogen and oxygen atoms in total. The van der Waals surface area contributed by atoms with Crippen molar-refractivity contribution in [1.29, 1.82) is 0 Å². The van der Waals surface area contributed by atoms with E-state index in [0.717, 1.165) is 12.3 Å². The van der Waals surface area contributed by atoms with Crippen molar-refractivity contribution in [3.8, 4) is 11.5 Å². The first kappa shape index (κ1) is 13.8. The Kier molecular flexibility index (Phi) is 3.78. The minimum absolute atomic E-state index is 0.0605. The molecule has 19 heavy (non-hydrogen) atoms. The second kappa shape index (κ2) is 5.19. The molecule has 2 aromatic rings. The molecule has 2 rings (SSSR count). The van der Waals surface area contributed by atoms with Gasteiger partial charge in [0.05, 0.1) is 4.90 Å². The van der Waals surface area contributed by atoms with Gasteiger partial charge in [0.2, 0.25) is 0 Å². The third-order valence-electron chi connectivity index (χ3n) is 2.36. The van der Waals surface area contributed by atoms with E-state index in [2.05, 4.69) is 0 Å². The van der Waals surface area contributed by atoms with Crippen LogP contribution in [0.2, 0.25) is 5.02 Å². The van der Waals surface area contributed by atoms with Crippen LogP contribution in [0.15, 0.2) is 47.4 Å². The average Bonchev–Trinajstić information content (AvgIpc) is 2.30. The Labute approximate surface area is 115 Å². The fourth-order valence-corrected chi connectivity index (χ4v) is 2.27. The Morgan fingerprint density at radius 3 is 2.47 bits per heavy atom. The lowest BCUT2D eigenvalue weighted by Crippen LogP contribution is -1.98. The number of hydrogen-bond acceptors (Lipinski definition) is 3. The fourth-order valence-electron chi connectivity index (χ4n) is 1.45. The van der Waals surface area contributed by atoms with Gasteiger partial charge in [0.15, 0.2) is 21.4 Å². The predicted molar refractivity (Wildman–Crippen MR) is 71.0 cm³/mol. The predicted octanol–water partition coefficient (Wildman–Crippen LogP) is 3.67. The zero-order valence-corrected chi connectivity index (χ0v) is 11.5. The highest BCUT2D eigenvalue weighted by molar-refractivity contribution is 7.90. The molecule has 0 atom stereocenters. The van der Waals surface area contributed by atoms with Crippen LogP contribution < -0.4 is 4.74 Å². The van der Waals surface area contributed by atoms with Crippen LogP contribution in [0, 0.1) is 5.82 Å². The highest BCUT2D eigenvalue weighted by Crippen LogP contribution is 2.27. The number of sulfone groups is 1. The molecule has 0 aliphatic carbocycles. The molecule has 0 saturated carbocycles. The van der Waals surface area contributed by atoms with Crippen molar-refractivity contribution in [1.82, 2.24) is 0 Å². The second-order valence-electron chi connectivity index (χ2n) is 3.92. The van der Waals surface area contributed by atoms with Crippen molar-refractivity contribution in [3.63, 3.8) is 0 Å². The highest BCUT2D eigenvalue weighted by atomic mass is 35.5. The number of rotatable bonds is 3. The molecule has 0 aromatic heterocycles. The van der Waals surface area contributed by atoms with Crippen LogP contribution in [0.3, 0.4) is 0 Å². The Balaban J connectivity index is 2.32. The summed E-state index contributed by atoms with van der Waals surface area (Å²) in [6, 6.07) is 9.97. The summed E-state index contributed by atoms with van der Waals surface area (Å²) in [7, 11) is -3.44. The van der Waals surface area contributed by atoms with E-state index in [1.54, 1.807) is 18.2 Å². The minimum Gasteiger partial charge on any atom is -0.454 e. The van der Waals surface area contributed by atoms with Gasteiger partial charge in [0.1, 0.15) is 5.75 Å². The molecule has 0 aliphatic heterocycles. The molecule has 6 heteroatoms. The molecule has 0 amide bonds. The number of ether oxygens (including phenoxy) is 1. The van der Waals surface area contributed by atoms with Gasteiger partial charge >= 0.3 is 0 Å². The van der Waals surface area contributed by atoms with E-state index in [4.69, 9.17) is 16.3 Å². The van der Waals surface area contributed by atoms with Crippen molar-refractivity contribution in [2.24, 2.45) is 0 Å². The molecular formula is C13H10ClFO3S. The van der Waals surface area contributed by atoms with Crippen molar-refractivity contribution in [2.45, 2.75) is 4.90 Å². The first-order chi connectivity index (χ1) is 8.86. The van der Waals surface area contributed by atoms with E-state index in [1.165, 1.54) is 18.2 Å². The van der Waals surface area contributed by atoms with E-state index in [9.17, 15) is 12.8 Å². The maximum absolute atomic E-state index is 13.7. The fraction of sp³-hybridized carbons (Fsp3) is 0.0769. The van der Waals surface area contributed by atoms with Gasteiger partial charge in [-0.3, -0.25) is 0 Å². The lowest BCUT2D eigenvalue weighted by atomic mass is 10.3. The van der Waals surface area contributed by atoms with Crippen molar-refractivity contribution in [3.05, 3.63) is 53.3 Å². The van der Waals surface area contributed by atoms with E-state index in [0.29, 0.717) is 10.8 Å². The summed E-state index contributed by atoms with van der Waals surface area (Å²) < 4.78 is 41.6. The first-order valence-electron chi connectivity index (χ1n) is 5.29. The van der Waals surface area contributed by atoms with Crippen molar-refractivity contribution >= 4 is 21.4 Å². The van der Waals surface area contributed by atoms with Crippen LogP contribution in [0.1, 0.15) is 0 Å². The third-order valence-corrected chi connectivity index (χ3v) is 3.70. The van der Waals surface area contributed by atoms with Crippen molar-refractivity contribution in [2.75, 3.05) is 6.26 Å². The second-order valence-corrected chi connectivity index (χ2v) is 6.38. The van der Waals surface area contributed by atoms with Gasteiger partial charge in [0, 0.05) is 11.3 Å². The van der Waals surface area contributed by atoms with Crippen molar-refractivity contribution < 1.29 is 17.5 Å². The molecule has 0 saturated heterocycles. The monoisotopic (exact) mass is 300 g/mol. The molecule has 0 spiro atoms. The molecule has 0 N–H and O–H groups in total. The molecule has 100 valence electrons. The molecule has 0 unspecified atom stereocenters. The molecule has 0 heterocycles. The zero-order chi connectivity index (χ0) is 14.0. The van der Waals surface area contributed by atoms with Gasteiger partial charge in [-0.25, -0.2) is 12.8 Å². The lowest BCUT2D eigenvalue weighted by molar-refractivity contribution is 0.441. The topological polar surface area (TPSA) is 43.4 Å². The molecule has 0 bridgehead atoms. The third kappa shape index (κ3) is 3.45. The van der Waals surface area contributed by atoms with E-state index < -0.39 is 15.7 Å². The average molecular weight is 301 g/mol. The summed E-state index contributed by atoms with van der Waals surface area (Å²) in [5.74, 6) is -0.434. The lowest BCUT2D eigenvalue weighted by Gasteiger charge is -2.08. The van der Waals surface area contributed by atoms with Crippen LogP contribution in [-0.2, 0) is 9.84 Å². The van der Waals surface area contributed by atoms with E-state index in [1.807, 2.05) is 0 Å². The first-order valence-corrected chi connectivity index (χ1v) is 7.56. The Morgan fingerprint density at radius 2 is 1.89 bits per heavy atom. The van der Waals surface area contributed by atoms with Gasteiger partial charge in [-0.05, 0) is 36.4 Å². The van der Waals surface area contributed by atoms with E-state index >= 15 is 0 Å². The standard InChI is InChI=1S/C13H10ClFO3S/c1-19(16,17)11-5-6-13(12(15)8-11)18-10-4-2-3-9(14)7-10/h2-8H,1H3. The molecular weight excluding hydrogens is 291 g/mol. The summed E-state index contributed by atoms with van der Waals surface area (Å²) in [6.45, 7) is 0. The summed E-state index contributed by atoms with van der Waals surface area (Å²) in [5.41, 5.74) is 0. The molecule has 0 radical (unpaired) electrons. The summed E-state index contributed by atoms with van der Waals surface area (Å²) in [6.07, 6.45) is 1.01. The Morgan fingerprint density at radius 1 is 1.16 bits per heavy atom. The maximum atomic E-state index is 13.7. The van der Waals surface area contributed by atoms with Crippen LogP contribution in [0.5, 0.6) is 11.5 Å². The normalized spacial score (nSPS) is 11.3. The Bertz CT molecular complexity index is 714. The number of benzene rings is 2. The minimum atomic E-state index is -3.44. The molecule has 2 aromatic carbocycles. The Hall–Kier alpha value is -1.59.